The Morgan fingerprint density at radius 3 is 2.71 bits per heavy atom. The molecule has 17 heavy (non-hydrogen) atoms. The highest BCUT2D eigenvalue weighted by Crippen LogP contribution is 2.02. The van der Waals surface area contributed by atoms with E-state index in [2.05, 4.69) is 20.8 Å². The predicted octanol–water partition coefficient (Wildman–Crippen LogP) is 0.524. The van der Waals surface area contributed by atoms with Gasteiger partial charge in [-0.3, -0.25) is 9.58 Å². The molecule has 1 aromatic rings. The van der Waals surface area contributed by atoms with Crippen LogP contribution < -0.4 is 0 Å². The van der Waals surface area contributed by atoms with Crippen LogP contribution in [0.2, 0.25) is 0 Å². The normalized spacial score (nSPS) is 18.8. The summed E-state index contributed by atoms with van der Waals surface area (Å²) in [5.74, 6) is 2.73. The maximum absolute atomic E-state index is 5.35. The van der Waals surface area contributed by atoms with Gasteiger partial charge in [0.25, 0.3) is 0 Å². The van der Waals surface area contributed by atoms with Gasteiger partial charge in [-0.15, -0.1) is 6.42 Å². The van der Waals surface area contributed by atoms with Crippen LogP contribution in [-0.2, 0) is 6.54 Å². The summed E-state index contributed by atoms with van der Waals surface area (Å²) in [5.41, 5.74) is 0. The summed E-state index contributed by atoms with van der Waals surface area (Å²) in [5, 5.41) is 4.22. The van der Waals surface area contributed by atoms with Crippen LogP contribution >= 0.6 is 0 Å². The lowest BCUT2D eigenvalue weighted by Gasteiger charge is -2.20. The molecule has 0 unspecified atom stereocenters. The molecule has 92 valence electrons. The number of hydrogen-bond acceptors (Lipinski definition) is 3. The first kappa shape index (κ1) is 12.2. The zero-order chi connectivity index (χ0) is 11.9. The molecule has 4 heteroatoms. The molecule has 0 amide bonds. The summed E-state index contributed by atoms with van der Waals surface area (Å²) in [6.07, 6.45) is 10.4. The Morgan fingerprint density at radius 2 is 1.94 bits per heavy atom. The Hall–Kier alpha value is -1.31. The van der Waals surface area contributed by atoms with E-state index in [1.54, 1.807) is 0 Å². The van der Waals surface area contributed by atoms with Crippen molar-refractivity contribution in [1.82, 2.24) is 19.6 Å². The van der Waals surface area contributed by atoms with Crippen molar-refractivity contribution in [1.29, 1.82) is 0 Å². The minimum absolute atomic E-state index is 0.785. The molecule has 1 aliphatic rings. The third kappa shape index (κ3) is 3.88. The van der Waals surface area contributed by atoms with Crippen LogP contribution in [0.3, 0.4) is 0 Å². The van der Waals surface area contributed by atoms with Crippen molar-refractivity contribution in [2.45, 2.75) is 13.0 Å². The van der Waals surface area contributed by atoms with Gasteiger partial charge in [0.1, 0.15) is 0 Å². The Balaban J connectivity index is 1.73. The molecule has 0 bridgehead atoms. The van der Waals surface area contributed by atoms with E-state index in [1.807, 2.05) is 23.1 Å². The number of aromatic nitrogens is 2. The van der Waals surface area contributed by atoms with Gasteiger partial charge in [0, 0.05) is 38.6 Å². The quantitative estimate of drug-likeness (QED) is 0.708. The lowest BCUT2D eigenvalue weighted by molar-refractivity contribution is 0.258. The summed E-state index contributed by atoms with van der Waals surface area (Å²) in [4.78, 5) is 4.85. The smallest absolute Gasteiger partial charge is 0.0599 e. The lowest BCUT2D eigenvalue weighted by Crippen LogP contribution is -2.33. The molecule has 0 N–H and O–H groups in total. The summed E-state index contributed by atoms with van der Waals surface area (Å²) in [6, 6.07) is 1.97. The fourth-order valence-electron chi connectivity index (χ4n) is 2.21. The molecular formula is C13H20N4. The second kappa shape index (κ2) is 6.43. The van der Waals surface area contributed by atoms with Gasteiger partial charge in [-0.2, -0.15) is 5.10 Å². The number of rotatable bonds is 4. The first-order valence-corrected chi connectivity index (χ1v) is 6.24. The molecule has 1 fully saturated rings. The molecule has 4 nitrogen and oxygen atoms in total. The highest BCUT2D eigenvalue weighted by atomic mass is 15.3. The van der Waals surface area contributed by atoms with Gasteiger partial charge >= 0.3 is 0 Å². The molecule has 0 aromatic carbocycles. The molecule has 1 aromatic heterocycles. The Kier molecular flexibility index (Phi) is 4.60. The highest BCUT2D eigenvalue weighted by Gasteiger charge is 2.13. The minimum atomic E-state index is 0.785. The first-order valence-electron chi connectivity index (χ1n) is 6.24. The minimum Gasteiger partial charge on any atom is -0.300 e. The molecule has 1 saturated heterocycles. The molecule has 2 heterocycles. The van der Waals surface area contributed by atoms with Gasteiger partial charge < -0.3 is 4.90 Å². The fourth-order valence-corrected chi connectivity index (χ4v) is 2.21. The maximum atomic E-state index is 5.35. The van der Waals surface area contributed by atoms with E-state index >= 15 is 0 Å². The molecule has 0 atom stereocenters. The topological polar surface area (TPSA) is 24.3 Å². The number of nitrogens with zero attached hydrogens (tertiary/aromatic N) is 4. The van der Waals surface area contributed by atoms with E-state index in [-0.39, 0.29) is 0 Å². The summed E-state index contributed by atoms with van der Waals surface area (Å²) < 4.78 is 1.99. The van der Waals surface area contributed by atoms with Crippen molar-refractivity contribution in [3.8, 4) is 12.3 Å². The van der Waals surface area contributed by atoms with Crippen molar-refractivity contribution < 1.29 is 0 Å². The van der Waals surface area contributed by atoms with Gasteiger partial charge in [-0.05, 0) is 19.0 Å². The zero-order valence-corrected chi connectivity index (χ0v) is 10.3. The fraction of sp³-hybridized carbons (Fsp3) is 0.615. The first-order chi connectivity index (χ1) is 8.38. The SMILES string of the molecule is C#CCN1CCCN(CCn2cccn2)CC1. The summed E-state index contributed by atoms with van der Waals surface area (Å²) >= 11 is 0. The van der Waals surface area contributed by atoms with Gasteiger partial charge in [-0.25, -0.2) is 0 Å². The summed E-state index contributed by atoms with van der Waals surface area (Å²) in [7, 11) is 0. The Bertz CT molecular complexity index is 352. The van der Waals surface area contributed by atoms with Crippen LogP contribution in [0, 0.1) is 12.3 Å². The highest BCUT2D eigenvalue weighted by molar-refractivity contribution is 4.89. The van der Waals surface area contributed by atoms with Crippen LogP contribution in [0.1, 0.15) is 6.42 Å². The second-order valence-corrected chi connectivity index (χ2v) is 4.44. The van der Waals surface area contributed by atoms with E-state index in [0.717, 1.165) is 39.3 Å². The van der Waals surface area contributed by atoms with Crippen LogP contribution in [0.4, 0.5) is 0 Å². The van der Waals surface area contributed by atoms with E-state index in [1.165, 1.54) is 13.0 Å². The third-order valence-electron chi connectivity index (χ3n) is 3.20. The average molecular weight is 232 g/mol. The largest absolute Gasteiger partial charge is 0.300 e. The molecule has 0 saturated carbocycles. The van der Waals surface area contributed by atoms with Crippen LogP contribution in [0.25, 0.3) is 0 Å². The zero-order valence-electron chi connectivity index (χ0n) is 10.3. The average Bonchev–Trinajstić information content (AvgIpc) is 2.75. The Morgan fingerprint density at radius 1 is 1.12 bits per heavy atom. The van der Waals surface area contributed by atoms with Crippen molar-refractivity contribution in [2.24, 2.45) is 0 Å². The summed E-state index contributed by atoms with van der Waals surface area (Å²) in [6.45, 7) is 7.33. The van der Waals surface area contributed by atoms with Crippen molar-refractivity contribution in [2.75, 3.05) is 39.3 Å². The molecule has 0 spiro atoms. The molecule has 0 radical (unpaired) electrons. The van der Waals surface area contributed by atoms with E-state index < -0.39 is 0 Å². The van der Waals surface area contributed by atoms with Crippen molar-refractivity contribution in [3.05, 3.63) is 18.5 Å². The Labute approximate surface area is 103 Å². The second-order valence-electron chi connectivity index (χ2n) is 4.44. The van der Waals surface area contributed by atoms with Crippen LogP contribution in [0.15, 0.2) is 18.5 Å². The van der Waals surface area contributed by atoms with Gasteiger partial charge in [-0.1, -0.05) is 5.92 Å². The standard InChI is InChI=1S/C13H20N4/c1-2-6-15-7-4-8-16(11-10-15)12-13-17-9-3-5-14-17/h1,3,5,9H,4,6-8,10-13H2. The van der Waals surface area contributed by atoms with E-state index in [4.69, 9.17) is 6.42 Å². The third-order valence-corrected chi connectivity index (χ3v) is 3.20. The van der Waals surface area contributed by atoms with E-state index in [9.17, 15) is 0 Å². The number of terminal acetylenes is 1. The van der Waals surface area contributed by atoms with Crippen LogP contribution in [-0.4, -0.2) is 58.8 Å². The molecule has 1 aliphatic heterocycles. The van der Waals surface area contributed by atoms with Crippen molar-refractivity contribution >= 4 is 0 Å². The van der Waals surface area contributed by atoms with Gasteiger partial charge in [0.2, 0.25) is 0 Å². The van der Waals surface area contributed by atoms with Gasteiger partial charge in [0.15, 0.2) is 0 Å². The molecule has 0 aliphatic carbocycles. The number of hydrogen-bond donors (Lipinski definition) is 0. The lowest BCUT2D eigenvalue weighted by atomic mass is 10.4. The predicted molar refractivity (Wildman–Crippen MR) is 68.6 cm³/mol. The van der Waals surface area contributed by atoms with Crippen LogP contribution in [0.5, 0.6) is 0 Å². The maximum Gasteiger partial charge on any atom is 0.0599 e. The molecular weight excluding hydrogens is 212 g/mol. The molecule has 2 rings (SSSR count). The van der Waals surface area contributed by atoms with Gasteiger partial charge in [0.05, 0.1) is 13.1 Å². The monoisotopic (exact) mass is 232 g/mol. The van der Waals surface area contributed by atoms with Crippen molar-refractivity contribution in [3.63, 3.8) is 0 Å². The van der Waals surface area contributed by atoms with E-state index in [0.29, 0.717) is 0 Å².